The van der Waals surface area contributed by atoms with Gasteiger partial charge in [0.15, 0.2) is 5.82 Å². The molecule has 0 aliphatic heterocycles. The molecule has 0 saturated carbocycles. The number of aromatic nitrogens is 1. The van der Waals surface area contributed by atoms with Gasteiger partial charge in [-0.05, 0) is 49.2 Å². The molecular weight excluding hydrogens is 423 g/mol. The molecule has 10 heteroatoms. The van der Waals surface area contributed by atoms with E-state index in [9.17, 15) is 21.6 Å². The first kappa shape index (κ1) is 21.1. The van der Waals surface area contributed by atoms with Crippen LogP contribution in [0.25, 0.3) is 0 Å². The van der Waals surface area contributed by atoms with Gasteiger partial charge in [0.25, 0.3) is 10.0 Å². The van der Waals surface area contributed by atoms with E-state index in [0.29, 0.717) is 17.7 Å². The number of anilines is 2. The smallest absolute Gasteiger partial charge is 0.266 e. The molecule has 154 valence electrons. The number of nitrogens with zero attached hydrogens (tertiary/aromatic N) is 1. The van der Waals surface area contributed by atoms with Crippen LogP contribution < -0.4 is 10.0 Å². The summed E-state index contributed by atoms with van der Waals surface area (Å²) >= 11 is 1.20. The zero-order valence-electron chi connectivity index (χ0n) is 15.5. The molecule has 1 aromatic heterocycles. The van der Waals surface area contributed by atoms with Crippen LogP contribution in [-0.4, -0.2) is 13.4 Å². The number of halogens is 3. The number of nitrogens with one attached hydrogen (secondary N) is 2. The van der Waals surface area contributed by atoms with Crippen molar-refractivity contribution in [3.8, 4) is 0 Å². The normalized spacial score (nSPS) is 12.6. The summed E-state index contributed by atoms with van der Waals surface area (Å²) in [7, 11) is -4.17. The molecule has 1 atom stereocenters. The van der Waals surface area contributed by atoms with E-state index in [4.69, 9.17) is 0 Å². The molecule has 29 heavy (non-hydrogen) atoms. The average molecular weight is 442 g/mol. The summed E-state index contributed by atoms with van der Waals surface area (Å²) < 4.78 is 69.4. The van der Waals surface area contributed by atoms with Gasteiger partial charge in [0.05, 0.1) is 11.6 Å². The van der Waals surface area contributed by atoms with Crippen LogP contribution in [0.15, 0.2) is 46.1 Å². The lowest BCUT2D eigenvalue weighted by Gasteiger charge is -2.20. The molecule has 2 aromatic carbocycles. The third-order valence-corrected chi connectivity index (χ3v) is 6.25. The second kappa shape index (κ2) is 8.42. The fourth-order valence-electron chi connectivity index (χ4n) is 2.84. The summed E-state index contributed by atoms with van der Waals surface area (Å²) in [6, 6.07) is 4.68. The van der Waals surface area contributed by atoms with Crippen molar-refractivity contribution in [2.75, 3.05) is 10.0 Å². The highest BCUT2D eigenvalue weighted by atomic mass is 32.2. The Morgan fingerprint density at radius 2 is 1.90 bits per heavy atom. The third-order valence-electron chi connectivity index (χ3n) is 4.30. The molecule has 0 aliphatic rings. The predicted octanol–water partition coefficient (Wildman–Crippen LogP) is 5.10. The number of sulfonamides is 1. The quantitative estimate of drug-likeness (QED) is 0.535. The lowest BCUT2D eigenvalue weighted by Crippen LogP contribution is -2.16. The van der Waals surface area contributed by atoms with Crippen LogP contribution in [0.1, 0.15) is 31.0 Å². The SMILES string of the molecule is CCc1cc(S(=O)(=O)Nc2cscn2)c(F)cc1NC(C)c1cc(F)ccc1F. The molecule has 0 saturated heterocycles. The Bertz CT molecular complexity index is 1120. The van der Waals surface area contributed by atoms with Gasteiger partial charge >= 0.3 is 0 Å². The van der Waals surface area contributed by atoms with Gasteiger partial charge in [-0.1, -0.05) is 6.92 Å². The van der Waals surface area contributed by atoms with Crippen molar-refractivity contribution in [3.63, 3.8) is 0 Å². The van der Waals surface area contributed by atoms with Gasteiger partial charge in [-0.3, -0.25) is 4.72 Å². The number of hydrogen-bond donors (Lipinski definition) is 2. The minimum absolute atomic E-state index is 0.0781. The lowest BCUT2D eigenvalue weighted by atomic mass is 10.1. The summed E-state index contributed by atoms with van der Waals surface area (Å²) in [6.45, 7) is 3.37. The molecule has 2 N–H and O–H groups in total. The standard InChI is InChI=1S/C19H18F3N3O2S2/c1-3-12-6-18(29(26,27)25-19-9-28-10-23-19)16(22)8-17(12)24-11(2)14-7-13(20)4-5-15(14)21/h4-11,24-25H,3H2,1-2H3. The van der Waals surface area contributed by atoms with E-state index in [0.717, 1.165) is 24.3 Å². The first-order valence-electron chi connectivity index (χ1n) is 8.66. The first-order valence-corrected chi connectivity index (χ1v) is 11.1. The molecule has 3 rings (SSSR count). The molecule has 0 fully saturated rings. The van der Waals surface area contributed by atoms with Gasteiger partial charge < -0.3 is 5.32 Å². The van der Waals surface area contributed by atoms with Gasteiger partial charge in [-0.25, -0.2) is 26.6 Å². The average Bonchev–Trinajstić information content (AvgIpc) is 3.15. The van der Waals surface area contributed by atoms with E-state index in [1.54, 1.807) is 13.8 Å². The van der Waals surface area contributed by atoms with Gasteiger partial charge in [0.2, 0.25) is 0 Å². The predicted molar refractivity (Wildman–Crippen MR) is 107 cm³/mol. The van der Waals surface area contributed by atoms with E-state index in [2.05, 4.69) is 15.0 Å². The van der Waals surface area contributed by atoms with Crippen molar-refractivity contribution in [2.24, 2.45) is 0 Å². The second-order valence-electron chi connectivity index (χ2n) is 6.30. The molecule has 0 amide bonds. The van der Waals surface area contributed by atoms with E-state index in [-0.39, 0.29) is 11.4 Å². The fraction of sp³-hybridized carbons (Fsp3) is 0.211. The summed E-state index contributed by atoms with van der Waals surface area (Å²) in [5.74, 6) is -2.06. The highest BCUT2D eigenvalue weighted by Crippen LogP contribution is 2.30. The van der Waals surface area contributed by atoms with E-state index in [1.165, 1.54) is 28.3 Å². The first-order chi connectivity index (χ1) is 13.7. The Kier molecular flexibility index (Phi) is 6.13. The fourth-order valence-corrected chi connectivity index (χ4v) is 4.51. The summed E-state index contributed by atoms with van der Waals surface area (Å²) in [5, 5.41) is 4.43. The van der Waals surface area contributed by atoms with Crippen LogP contribution >= 0.6 is 11.3 Å². The Hall–Kier alpha value is -2.59. The molecule has 0 spiro atoms. The second-order valence-corrected chi connectivity index (χ2v) is 8.67. The summed E-state index contributed by atoms with van der Waals surface area (Å²) in [5.41, 5.74) is 2.34. The largest absolute Gasteiger partial charge is 0.378 e. The zero-order chi connectivity index (χ0) is 21.2. The third kappa shape index (κ3) is 4.70. The monoisotopic (exact) mass is 441 g/mol. The van der Waals surface area contributed by atoms with Crippen LogP contribution in [0.5, 0.6) is 0 Å². The van der Waals surface area contributed by atoms with Crippen molar-refractivity contribution in [3.05, 3.63) is 69.8 Å². The van der Waals surface area contributed by atoms with Crippen LogP contribution in [0.4, 0.5) is 24.7 Å². The highest BCUT2D eigenvalue weighted by molar-refractivity contribution is 7.92. The Balaban J connectivity index is 1.93. The molecule has 1 unspecified atom stereocenters. The Morgan fingerprint density at radius 1 is 1.14 bits per heavy atom. The maximum absolute atomic E-state index is 14.7. The number of hydrogen-bond acceptors (Lipinski definition) is 5. The number of thiazole rings is 1. The maximum atomic E-state index is 14.7. The molecule has 0 bridgehead atoms. The van der Waals surface area contributed by atoms with Gasteiger partial charge in [-0.15, -0.1) is 11.3 Å². The van der Waals surface area contributed by atoms with Crippen molar-refractivity contribution in [1.29, 1.82) is 0 Å². The zero-order valence-corrected chi connectivity index (χ0v) is 17.2. The van der Waals surface area contributed by atoms with Gasteiger partial charge in [-0.2, -0.15) is 0 Å². The number of rotatable bonds is 7. The molecule has 1 heterocycles. The van der Waals surface area contributed by atoms with Crippen LogP contribution in [0.3, 0.4) is 0 Å². The summed E-state index contributed by atoms with van der Waals surface area (Å²) in [4.78, 5) is 3.32. The van der Waals surface area contributed by atoms with Gasteiger partial charge in [0, 0.05) is 16.6 Å². The number of benzene rings is 2. The van der Waals surface area contributed by atoms with E-state index in [1.807, 2.05) is 0 Å². The topological polar surface area (TPSA) is 71.1 Å². The van der Waals surface area contributed by atoms with Crippen LogP contribution in [0.2, 0.25) is 0 Å². The van der Waals surface area contributed by atoms with Crippen molar-refractivity contribution in [2.45, 2.75) is 31.2 Å². The minimum Gasteiger partial charge on any atom is -0.378 e. The highest BCUT2D eigenvalue weighted by Gasteiger charge is 2.23. The van der Waals surface area contributed by atoms with Gasteiger partial charge in [0.1, 0.15) is 22.3 Å². The lowest BCUT2D eigenvalue weighted by molar-refractivity contribution is 0.568. The van der Waals surface area contributed by atoms with E-state index < -0.39 is 38.4 Å². The number of aryl methyl sites for hydroxylation is 1. The molecular formula is C19H18F3N3O2S2. The maximum Gasteiger partial charge on any atom is 0.266 e. The molecule has 3 aromatic rings. The van der Waals surface area contributed by atoms with Crippen LogP contribution in [0, 0.1) is 17.5 Å². The molecule has 0 aliphatic carbocycles. The Morgan fingerprint density at radius 3 is 2.55 bits per heavy atom. The van der Waals surface area contributed by atoms with Crippen molar-refractivity contribution in [1.82, 2.24) is 4.98 Å². The molecule has 5 nitrogen and oxygen atoms in total. The van der Waals surface area contributed by atoms with Crippen LogP contribution in [-0.2, 0) is 16.4 Å². The minimum atomic E-state index is -4.17. The van der Waals surface area contributed by atoms with E-state index >= 15 is 0 Å². The summed E-state index contributed by atoms with van der Waals surface area (Å²) in [6.07, 6.45) is 0.389. The molecule has 0 radical (unpaired) electrons. The Labute approximate surface area is 170 Å². The van der Waals surface area contributed by atoms with Crippen molar-refractivity contribution < 1.29 is 21.6 Å². The van der Waals surface area contributed by atoms with Crippen molar-refractivity contribution >= 4 is 32.9 Å².